The van der Waals surface area contributed by atoms with E-state index >= 15 is 0 Å². The number of hydrogen-bond acceptors (Lipinski definition) is 4. The summed E-state index contributed by atoms with van der Waals surface area (Å²) >= 11 is 0. The van der Waals surface area contributed by atoms with Gasteiger partial charge in [-0.1, -0.05) is 54.6 Å². The third-order valence-electron chi connectivity index (χ3n) is 5.15. The molecule has 4 rings (SSSR count). The first-order valence-corrected chi connectivity index (χ1v) is 9.42. The summed E-state index contributed by atoms with van der Waals surface area (Å²) in [5.41, 5.74) is 3.44. The van der Waals surface area contributed by atoms with Crippen molar-refractivity contribution in [2.75, 3.05) is 38.2 Å². The molecule has 0 amide bonds. The highest BCUT2D eigenvalue weighted by Crippen LogP contribution is 2.28. The zero-order chi connectivity index (χ0) is 18.6. The topological polar surface area (TPSA) is 28.1 Å². The van der Waals surface area contributed by atoms with Crippen LogP contribution in [-0.4, -0.2) is 44.0 Å². The number of para-hydroxylation sites is 2. The summed E-state index contributed by atoms with van der Waals surface area (Å²) in [6.45, 7) is 5.79. The molecule has 0 aliphatic carbocycles. The van der Waals surface area contributed by atoms with Crippen molar-refractivity contribution in [3.8, 4) is 5.75 Å². The van der Waals surface area contributed by atoms with Gasteiger partial charge in [-0.2, -0.15) is 5.10 Å². The summed E-state index contributed by atoms with van der Waals surface area (Å²) in [6.07, 6.45) is 0. The fourth-order valence-electron chi connectivity index (χ4n) is 3.73. The normalized spacial score (nSPS) is 15.3. The van der Waals surface area contributed by atoms with Gasteiger partial charge in [-0.05, 0) is 29.8 Å². The van der Waals surface area contributed by atoms with Gasteiger partial charge in [0.2, 0.25) is 0 Å². The van der Waals surface area contributed by atoms with Crippen LogP contribution in [0.1, 0.15) is 12.5 Å². The molecule has 3 aromatic carbocycles. The van der Waals surface area contributed by atoms with Crippen molar-refractivity contribution in [2.45, 2.75) is 6.92 Å². The molecule has 1 fully saturated rings. The number of ether oxygens (including phenoxy) is 1. The average molecular weight is 359 g/mol. The highest BCUT2D eigenvalue weighted by molar-refractivity contribution is 6.09. The summed E-state index contributed by atoms with van der Waals surface area (Å²) in [4.78, 5) is 2.37. The van der Waals surface area contributed by atoms with Gasteiger partial charge in [-0.15, -0.1) is 0 Å². The molecule has 0 unspecified atom stereocenters. The van der Waals surface area contributed by atoms with E-state index < -0.39 is 0 Å². The fourth-order valence-corrected chi connectivity index (χ4v) is 3.73. The molecule has 0 radical (unpaired) electrons. The second-order valence-corrected chi connectivity index (χ2v) is 6.82. The number of rotatable bonds is 4. The van der Waals surface area contributed by atoms with Gasteiger partial charge in [0.25, 0.3) is 0 Å². The molecule has 1 aliphatic heterocycles. The summed E-state index contributed by atoms with van der Waals surface area (Å²) in [5, 5.41) is 9.62. The maximum Gasteiger partial charge on any atom is 0.142 e. The van der Waals surface area contributed by atoms with Crippen molar-refractivity contribution in [3.05, 3.63) is 72.3 Å². The smallest absolute Gasteiger partial charge is 0.142 e. The molecule has 1 aliphatic rings. The van der Waals surface area contributed by atoms with E-state index in [1.54, 1.807) is 7.11 Å². The van der Waals surface area contributed by atoms with Crippen molar-refractivity contribution in [2.24, 2.45) is 5.10 Å². The Bertz CT molecular complexity index is 953. The molecule has 0 atom stereocenters. The lowest BCUT2D eigenvalue weighted by Crippen LogP contribution is -2.44. The van der Waals surface area contributed by atoms with Crippen LogP contribution >= 0.6 is 0 Å². The maximum atomic E-state index is 5.51. The van der Waals surface area contributed by atoms with Crippen LogP contribution in [0, 0.1) is 0 Å². The molecule has 0 N–H and O–H groups in total. The lowest BCUT2D eigenvalue weighted by molar-refractivity contribution is 0.269. The Kier molecular flexibility index (Phi) is 4.97. The number of piperazine rings is 1. The Morgan fingerprint density at radius 3 is 2.37 bits per heavy atom. The van der Waals surface area contributed by atoms with Gasteiger partial charge in [0.05, 0.1) is 31.6 Å². The first-order valence-electron chi connectivity index (χ1n) is 9.42. The minimum Gasteiger partial charge on any atom is -0.495 e. The number of hydrogen-bond donors (Lipinski definition) is 0. The molecule has 0 saturated carbocycles. The Morgan fingerprint density at radius 1 is 0.852 bits per heavy atom. The maximum absolute atomic E-state index is 5.51. The standard InChI is InChI=1S/C23H25N3O/c1-18(20-11-7-9-19-8-3-4-10-21(19)20)24-26-16-14-25(15-17-26)22-12-5-6-13-23(22)27-2/h3-13H,14-17H2,1-2H3. The Morgan fingerprint density at radius 2 is 1.56 bits per heavy atom. The summed E-state index contributed by atoms with van der Waals surface area (Å²) in [5.74, 6) is 0.932. The predicted octanol–water partition coefficient (Wildman–Crippen LogP) is 4.39. The second kappa shape index (κ2) is 7.70. The molecule has 4 heteroatoms. The van der Waals surface area contributed by atoms with Crippen LogP contribution in [0.25, 0.3) is 10.8 Å². The highest BCUT2D eigenvalue weighted by atomic mass is 16.5. The van der Waals surface area contributed by atoms with E-state index in [0.29, 0.717) is 0 Å². The van der Waals surface area contributed by atoms with Crippen molar-refractivity contribution < 1.29 is 4.74 Å². The van der Waals surface area contributed by atoms with Crippen molar-refractivity contribution in [1.29, 1.82) is 0 Å². The highest BCUT2D eigenvalue weighted by Gasteiger charge is 2.19. The number of fused-ring (bicyclic) bond motifs is 1. The predicted molar refractivity (Wildman–Crippen MR) is 113 cm³/mol. The van der Waals surface area contributed by atoms with Gasteiger partial charge in [-0.3, -0.25) is 5.01 Å². The second-order valence-electron chi connectivity index (χ2n) is 6.82. The molecule has 0 bridgehead atoms. The zero-order valence-corrected chi connectivity index (χ0v) is 15.9. The van der Waals surface area contributed by atoms with Gasteiger partial charge in [0.15, 0.2) is 0 Å². The Labute approximate surface area is 160 Å². The molecule has 1 heterocycles. The van der Waals surface area contributed by atoms with E-state index in [0.717, 1.165) is 43.3 Å². The van der Waals surface area contributed by atoms with E-state index in [1.807, 2.05) is 12.1 Å². The number of nitrogens with zero attached hydrogens (tertiary/aromatic N) is 3. The Balaban J connectivity index is 1.50. The van der Waals surface area contributed by atoms with Crippen LogP contribution in [0.15, 0.2) is 71.8 Å². The van der Waals surface area contributed by atoms with E-state index in [4.69, 9.17) is 9.84 Å². The lowest BCUT2D eigenvalue weighted by Gasteiger charge is -2.35. The van der Waals surface area contributed by atoms with Crippen LogP contribution in [0.5, 0.6) is 5.75 Å². The van der Waals surface area contributed by atoms with E-state index in [2.05, 4.69) is 71.4 Å². The average Bonchev–Trinajstić information content (AvgIpc) is 2.74. The SMILES string of the molecule is COc1ccccc1N1CCN(N=C(C)c2cccc3ccccc23)CC1. The van der Waals surface area contributed by atoms with E-state index in [1.165, 1.54) is 16.3 Å². The molecule has 4 nitrogen and oxygen atoms in total. The number of benzene rings is 3. The van der Waals surface area contributed by atoms with Crippen LogP contribution in [0.4, 0.5) is 5.69 Å². The van der Waals surface area contributed by atoms with Gasteiger partial charge in [-0.25, -0.2) is 0 Å². The van der Waals surface area contributed by atoms with Gasteiger partial charge in [0, 0.05) is 18.7 Å². The summed E-state index contributed by atoms with van der Waals surface area (Å²) < 4.78 is 5.51. The number of anilines is 1. The minimum absolute atomic E-state index is 0.903. The monoisotopic (exact) mass is 359 g/mol. The van der Waals surface area contributed by atoms with Crippen molar-refractivity contribution in [3.63, 3.8) is 0 Å². The lowest BCUT2D eigenvalue weighted by atomic mass is 10.0. The first-order chi connectivity index (χ1) is 13.3. The van der Waals surface area contributed by atoms with Crippen molar-refractivity contribution in [1.82, 2.24) is 5.01 Å². The number of hydrazone groups is 1. The molecule has 1 saturated heterocycles. The van der Waals surface area contributed by atoms with Crippen LogP contribution < -0.4 is 9.64 Å². The molecule has 27 heavy (non-hydrogen) atoms. The van der Waals surface area contributed by atoms with Gasteiger partial charge in [0.1, 0.15) is 5.75 Å². The van der Waals surface area contributed by atoms with E-state index in [-0.39, 0.29) is 0 Å². The molecular formula is C23H25N3O. The quantitative estimate of drug-likeness (QED) is 0.647. The summed E-state index contributed by atoms with van der Waals surface area (Å²) in [6, 6.07) is 23.1. The van der Waals surface area contributed by atoms with Crippen molar-refractivity contribution >= 4 is 22.2 Å². The molecular weight excluding hydrogens is 334 g/mol. The Hall–Kier alpha value is -3.01. The van der Waals surface area contributed by atoms with Gasteiger partial charge >= 0.3 is 0 Å². The van der Waals surface area contributed by atoms with Gasteiger partial charge < -0.3 is 9.64 Å². The molecule has 0 aromatic heterocycles. The largest absolute Gasteiger partial charge is 0.495 e. The minimum atomic E-state index is 0.903. The van der Waals surface area contributed by atoms with E-state index in [9.17, 15) is 0 Å². The molecule has 3 aromatic rings. The number of methoxy groups -OCH3 is 1. The summed E-state index contributed by atoms with van der Waals surface area (Å²) in [7, 11) is 1.73. The fraction of sp³-hybridized carbons (Fsp3) is 0.261. The zero-order valence-electron chi connectivity index (χ0n) is 15.9. The van der Waals surface area contributed by atoms with Crippen LogP contribution in [0.2, 0.25) is 0 Å². The van der Waals surface area contributed by atoms with Crippen LogP contribution in [0.3, 0.4) is 0 Å². The first kappa shape index (κ1) is 17.4. The van der Waals surface area contributed by atoms with Crippen LogP contribution in [-0.2, 0) is 0 Å². The third-order valence-corrected chi connectivity index (χ3v) is 5.15. The molecule has 138 valence electrons. The molecule has 0 spiro atoms. The third kappa shape index (κ3) is 3.61.